The van der Waals surface area contributed by atoms with Gasteiger partial charge in [-0.25, -0.2) is 4.98 Å². The van der Waals surface area contributed by atoms with E-state index in [9.17, 15) is 14.9 Å². The Labute approximate surface area is 108 Å². The van der Waals surface area contributed by atoms with Gasteiger partial charge in [0.2, 0.25) is 0 Å². The fourth-order valence-electron chi connectivity index (χ4n) is 1.66. The van der Waals surface area contributed by atoms with Crippen LogP contribution in [0.25, 0.3) is 11.4 Å². The summed E-state index contributed by atoms with van der Waals surface area (Å²) in [4.78, 5) is 28.4. The highest BCUT2D eigenvalue weighted by molar-refractivity contribution is 5.57. The second kappa shape index (κ2) is 5.40. The average molecular weight is 260 g/mol. The Morgan fingerprint density at radius 2 is 2.00 bits per heavy atom. The van der Waals surface area contributed by atoms with Gasteiger partial charge in [-0.05, 0) is 18.7 Å². The van der Waals surface area contributed by atoms with Gasteiger partial charge in [0.05, 0.1) is 4.92 Å². The Balaban J connectivity index is 2.40. The average Bonchev–Trinajstić information content (AvgIpc) is 2.38. The van der Waals surface area contributed by atoms with Gasteiger partial charge >= 0.3 is 0 Å². The summed E-state index contributed by atoms with van der Waals surface area (Å²) < 4.78 is 0. The zero-order valence-corrected chi connectivity index (χ0v) is 10.00. The number of rotatable bonds is 4. The first-order valence-corrected chi connectivity index (χ1v) is 5.65. The molecule has 0 saturated carbocycles. The maximum Gasteiger partial charge on any atom is 0.269 e. The van der Waals surface area contributed by atoms with E-state index in [1.807, 2.05) is 0 Å². The summed E-state index contributed by atoms with van der Waals surface area (Å²) in [6.07, 6.45) is 0.504. The molecule has 0 bridgehead atoms. The SMILES string of the molecule is NCCc1cc(=O)[nH]c(-c2ccc([N+](=O)[O-])cc2)n1. The minimum atomic E-state index is -0.481. The van der Waals surface area contributed by atoms with Crippen LogP contribution in [-0.4, -0.2) is 21.4 Å². The van der Waals surface area contributed by atoms with Crippen LogP contribution in [0, 0.1) is 10.1 Å². The molecule has 0 aliphatic heterocycles. The molecule has 7 heteroatoms. The Morgan fingerprint density at radius 1 is 1.32 bits per heavy atom. The molecule has 2 rings (SSSR count). The molecular weight excluding hydrogens is 248 g/mol. The van der Waals surface area contributed by atoms with E-state index in [1.54, 1.807) is 12.1 Å². The number of nitro benzene ring substituents is 1. The summed E-state index contributed by atoms with van der Waals surface area (Å²) in [7, 11) is 0. The third kappa shape index (κ3) is 3.02. The highest BCUT2D eigenvalue weighted by Gasteiger charge is 2.07. The number of hydrogen-bond donors (Lipinski definition) is 2. The van der Waals surface area contributed by atoms with Crippen molar-refractivity contribution >= 4 is 5.69 Å². The Kier molecular flexibility index (Phi) is 3.67. The maximum atomic E-state index is 11.5. The first-order valence-electron chi connectivity index (χ1n) is 5.65. The van der Waals surface area contributed by atoms with Gasteiger partial charge in [0.25, 0.3) is 11.2 Å². The number of non-ortho nitro benzene ring substituents is 1. The molecule has 3 N–H and O–H groups in total. The number of nitrogens with one attached hydrogen (secondary N) is 1. The van der Waals surface area contributed by atoms with Crippen molar-refractivity contribution in [2.24, 2.45) is 5.73 Å². The molecule has 0 spiro atoms. The van der Waals surface area contributed by atoms with Gasteiger partial charge in [-0.2, -0.15) is 0 Å². The monoisotopic (exact) mass is 260 g/mol. The van der Waals surface area contributed by atoms with Crippen molar-refractivity contribution in [2.45, 2.75) is 6.42 Å². The van der Waals surface area contributed by atoms with Gasteiger partial charge in [0, 0.05) is 35.9 Å². The molecule has 0 saturated heterocycles. The van der Waals surface area contributed by atoms with Crippen molar-refractivity contribution in [3.63, 3.8) is 0 Å². The lowest BCUT2D eigenvalue weighted by atomic mass is 10.2. The Hall–Kier alpha value is -2.54. The van der Waals surface area contributed by atoms with E-state index < -0.39 is 4.92 Å². The van der Waals surface area contributed by atoms with E-state index in [1.165, 1.54) is 18.2 Å². The van der Waals surface area contributed by atoms with E-state index >= 15 is 0 Å². The van der Waals surface area contributed by atoms with E-state index in [0.717, 1.165) is 0 Å². The third-order valence-electron chi connectivity index (χ3n) is 2.55. The van der Waals surface area contributed by atoms with Crippen LogP contribution in [0.3, 0.4) is 0 Å². The normalized spacial score (nSPS) is 10.4. The second-order valence-electron chi connectivity index (χ2n) is 3.93. The van der Waals surface area contributed by atoms with Gasteiger partial charge in [-0.3, -0.25) is 14.9 Å². The smallest absolute Gasteiger partial charge is 0.269 e. The Morgan fingerprint density at radius 3 is 2.58 bits per heavy atom. The molecule has 98 valence electrons. The van der Waals surface area contributed by atoms with E-state index in [4.69, 9.17) is 5.73 Å². The highest BCUT2D eigenvalue weighted by Crippen LogP contribution is 2.18. The van der Waals surface area contributed by atoms with Crippen LogP contribution >= 0.6 is 0 Å². The molecule has 1 aromatic carbocycles. The van der Waals surface area contributed by atoms with Crippen molar-refractivity contribution in [1.29, 1.82) is 0 Å². The standard InChI is InChI=1S/C12H12N4O3/c13-6-5-9-7-11(17)15-12(14-9)8-1-3-10(4-2-8)16(18)19/h1-4,7H,5-6,13H2,(H,14,15,17). The number of H-pyrrole nitrogens is 1. The molecule has 7 nitrogen and oxygen atoms in total. The molecule has 0 atom stereocenters. The van der Waals surface area contributed by atoms with Crippen LogP contribution < -0.4 is 11.3 Å². The molecular formula is C12H12N4O3. The van der Waals surface area contributed by atoms with Crippen LogP contribution in [0.4, 0.5) is 5.69 Å². The topological polar surface area (TPSA) is 115 Å². The van der Waals surface area contributed by atoms with Crippen LogP contribution in [0.1, 0.15) is 5.69 Å². The zero-order valence-electron chi connectivity index (χ0n) is 10.00. The summed E-state index contributed by atoms with van der Waals surface area (Å²) >= 11 is 0. The predicted molar refractivity (Wildman–Crippen MR) is 69.7 cm³/mol. The molecule has 0 aliphatic rings. The third-order valence-corrected chi connectivity index (χ3v) is 2.55. The van der Waals surface area contributed by atoms with Crippen molar-refractivity contribution in [1.82, 2.24) is 9.97 Å². The molecule has 1 aromatic heterocycles. The van der Waals surface area contributed by atoms with Crippen LogP contribution in [0.2, 0.25) is 0 Å². The number of aromatic nitrogens is 2. The van der Waals surface area contributed by atoms with E-state index in [-0.39, 0.29) is 11.2 Å². The van der Waals surface area contributed by atoms with Crippen molar-refractivity contribution in [2.75, 3.05) is 6.54 Å². The van der Waals surface area contributed by atoms with Crippen molar-refractivity contribution < 1.29 is 4.92 Å². The minimum Gasteiger partial charge on any atom is -0.330 e. The van der Waals surface area contributed by atoms with Gasteiger partial charge in [-0.1, -0.05) is 0 Å². The lowest BCUT2D eigenvalue weighted by molar-refractivity contribution is -0.384. The van der Waals surface area contributed by atoms with Gasteiger partial charge < -0.3 is 10.7 Å². The molecule has 2 aromatic rings. The minimum absolute atomic E-state index is 0.00999. The number of hydrogen-bond acceptors (Lipinski definition) is 5. The molecule has 19 heavy (non-hydrogen) atoms. The van der Waals surface area contributed by atoms with Crippen molar-refractivity contribution in [3.8, 4) is 11.4 Å². The molecule has 0 radical (unpaired) electrons. The van der Waals surface area contributed by atoms with Crippen LogP contribution in [0.15, 0.2) is 35.1 Å². The molecule has 0 fully saturated rings. The van der Waals surface area contributed by atoms with Crippen LogP contribution in [-0.2, 0) is 6.42 Å². The second-order valence-corrected chi connectivity index (χ2v) is 3.93. The first-order chi connectivity index (χ1) is 9.10. The fraction of sp³-hybridized carbons (Fsp3) is 0.167. The predicted octanol–water partition coefficient (Wildman–Crippen LogP) is 0.846. The van der Waals surface area contributed by atoms with Gasteiger partial charge in [0.15, 0.2) is 0 Å². The lowest BCUT2D eigenvalue weighted by Crippen LogP contribution is -2.13. The zero-order chi connectivity index (χ0) is 13.8. The van der Waals surface area contributed by atoms with E-state index in [0.29, 0.717) is 30.0 Å². The van der Waals surface area contributed by atoms with E-state index in [2.05, 4.69) is 9.97 Å². The summed E-state index contributed by atoms with van der Waals surface area (Å²) in [6, 6.07) is 7.21. The number of nitrogens with two attached hydrogens (primary N) is 1. The van der Waals surface area contributed by atoms with Crippen LogP contribution in [0.5, 0.6) is 0 Å². The summed E-state index contributed by atoms with van der Waals surface area (Å²) in [5.41, 5.74) is 6.35. The maximum absolute atomic E-state index is 11.5. The van der Waals surface area contributed by atoms with Gasteiger partial charge in [0.1, 0.15) is 5.82 Å². The first kappa shape index (κ1) is 12.9. The largest absolute Gasteiger partial charge is 0.330 e. The number of aromatic amines is 1. The number of benzene rings is 1. The quantitative estimate of drug-likeness (QED) is 0.624. The Bertz CT molecular complexity index is 649. The van der Waals surface area contributed by atoms with Gasteiger partial charge in [-0.15, -0.1) is 0 Å². The summed E-state index contributed by atoms with van der Waals surface area (Å²) in [6.45, 7) is 0.399. The van der Waals surface area contributed by atoms with Crippen molar-refractivity contribution in [3.05, 3.63) is 56.5 Å². The molecule has 1 heterocycles. The number of nitrogens with zero attached hydrogens (tertiary/aromatic N) is 2. The summed E-state index contributed by atoms with van der Waals surface area (Å²) in [5, 5.41) is 10.6. The fourth-order valence-corrected chi connectivity index (χ4v) is 1.66. The lowest BCUT2D eigenvalue weighted by Gasteiger charge is -2.03. The molecule has 0 aliphatic carbocycles. The molecule has 0 amide bonds. The number of nitro groups is 1. The molecule has 0 unspecified atom stereocenters. The summed E-state index contributed by atoms with van der Waals surface area (Å²) in [5.74, 6) is 0.380. The highest BCUT2D eigenvalue weighted by atomic mass is 16.6.